The number of pyridine rings is 1. The molecule has 0 bridgehead atoms. The summed E-state index contributed by atoms with van der Waals surface area (Å²) in [6, 6.07) is 68.5. The van der Waals surface area contributed by atoms with Gasteiger partial charge in [0.2, 0.25) is 0 Å². The molecule has 0 saturated heterocycles. The molecule has 0 aliphatic heterocycles. The molecule has 0 amide bonds. The molecule has 74 heavy (non-hydrogen) atoms. The van der Waals surface area contributed by atoms with Gasteiger partial charge in [0.1, 0.15) is 11.5 Å². The van der Waals surface area contributed by atoms with Crippen LogP contribution in [0.2, 0.25) is 0 Å². The van der Waals surface area contributed by atoms with Gasteiger partial charge in [-0.1, -0.05) is 184 Å². The number of benzene rings is 8. The average molecular weight is 957 g/mol. The van der Waals surface area contributed by atoms with Crippen molar-refractivity contribution >= 4 is 33.0 Å². The highest BCUT2D eigenvalue weighted by Crippen LogP contribution is 2.64. The normalized spacial score (nSPS) is 14.7. The molecule has 2 heterocycles. The number of hydrogen-bond donors (Lipinski definition) is 0. The quantitative estimate of drug-likeness (QED) is 0.128. The molecule has 12 rings (SSSR count). The van der Waals surface area contributed by atoms with Crippen molar-refractivity contribution < 1.29 is 4.74 Å². The molecule has 0 N–H and O–H groups in total. The standard InChI is InChI=1S/C69H54N2O.C2H6/c1-7-10-23-47(9-3)62-42-52(48-24-12-11-13-25-48)43-63(70-62)51-26-20-27-53(39-51)71-64-31-18-16-29-57(64)59-40-49(34-37-65(59)71)50-33-35-56-58-36-38-67(72-66-32-19-14-22-44(66)4)45(5)68(58)69(61(56)41-50)46(6)54(21-8-2)55-28-15-17-30-60(55)69;1-2/h7-43H,1H2,2-6H3;1-2H3/b21-8-,23-10-,47-9+;. The maximum atomic E-state index is 6.80. The second kappa shape index (κ2) is 19.7. The van der Waals surface area contributed by atoms with Crippen LogP contribution in [0, 0.1) is 13.8 Å². The Morgan fingerprint density at radius 3 is 2.09 bits per heavy atom. The largest absolute Gasteiger partial charge is 0.457 e. The first-order chi connectivity index (χ1) is 36.3. The Bertz CT molecular complexity index is 3970. The van der Waals surface area contributed by atoms with Crippen molar-refractivity contribution in [3.8, 4) is 61.8 Å². The molecule has 3 nitrogen and oxygen atoms in total. The summed E-state index contributed by atoms with van der Waals surface area (Å²) in [6.45, 7) is 18.8. The summed E-state index contributed by atoms with van der Waals surface area (Å²) >= 11 is 0. The number of aryl methyl sites for hydroxylation is 1. The third-order valence-electron chi connectivity index (χ3n) is 15.1. The Kier molecular flexibility index (Phi) is 12.6. The van der Waals surface area contributed by atoms with Crippen LogP contribution < -0.4 is 4.74 Å². The lowest BCUT2D eigenvalue weighted by Gasteiger charge is -2.33. The summed E-state index contributed by atoms with van der Waals surface area (Å²) in [5, 5.41) is 2.41. The lowest BCUT2D eigenvalue weighted by molar-refractivity contribution is 0.473. The molecule has 0 fully saturated rings. The third-order valence-corrected chi connectivity index (χ3v) is 15.1. The Morgan fingerprint density at radius 2 is 1.28 bits per heavy atom. The van der Waals surface area contributed by atoms with Crippen molar-refractivity contribution in [1.29, 1.82) is 0 Å². The molecule has 0 saturated carbocycles. The van der Waals surface area contributed by atoms with Crippen molar-refractivity contribution in [2.45, 2.75) is 53.9 Å². The molecule has 2 aliphatic rings. The van der Waals surface area contributed by atoms with E-state index >= 15 is 0 Å². The molecule has 0 radical (unpaired) electrons. The third kappa shape index (κ3) is 7.70. The Labute approximate surface area is 436 Å². The summed E-state index contributed by atoms with van der Waals surface area (Å²) in [6.07, 6.45) is 12.4. The van der Waals surface area contributed by atoms with Gasteiger partial charge in [0, 0.05) is 22.0 Å². The first-order valence-corrected chi connectivity index (χ1v) is 26.0. The van der Waals surface area contributed by atoms with Gasteiger partial charge >= 0.3 is 0 Å². The van der Waals surface area contributed by atoms with Gasteiger partial charge in [-0.3, -0.25) is 0 Å². The topological polar surface area (TPSA) is 27.1 Å². The lowest BCUT2D eigenvalue weighted by Crippen LogP contribution is -2.27. The minimum Gasteiger partial charge on any atom is -0.457 e. The van der Waals surface area contributed by atoms with Crippen molar-refractivity contribution in [1.82, 2.24) is 9.55 Å². The van der Waals surface area contributed by atoms with Gasteiger partial charge in [-0.2, -0.15) is 0 Å². The zero-order chi connectivity index (χ0) is 51.1. The average Bonchev–Trinajstić information content (AvgIpc) is 4.03. The highest BCUT2D eigenvalue weighted by molar-refractivity contribution is 6.11. The number of nitrogens with zero attached hydrogens (tertiary/aromatic N) is 2. The molecular weight excluding hydrogens is 897 g/mol. The predicted octanol–water partition coefficient (Wildman–Crippen LogP) is 19.4. The van der Waals surface area contributed by atoms with E-state index in [-0.39, 0.29) is 0 Å². The van der Waals surface area contributed by atoms with Crippen LogP contribution in [0.15, 0.2) is 237 Å². The maximum Gasteiger partial charge on any atom is 0.130 e. The molecule has 3 heteroatoms. The smallest absolute Gasteiger partial charge is 0.130 e. The minimum absolute atomic E-state index is 0.515. The van der Waals surface area contributed by atoms with Gasteiger partial charge in [-0.25, -0.2) is 4.98 Å². The van der Waals surface area contributed by atoms with E-state index in [4.69, 9.17) is 9.72 Å². The second-order valence-corrected chi connectivity index (χ2v) is 19.0. The van der Waals surface area contributed by atoms with Crippen LogP contribution in [0.4, 0.5) is 0 Å². The predicted molar refractivity (Wildman–Crippen MR) is 314 cm³/mol. The van der Waals surface area contributed by atoms with E-state index < -0.39 is 5.41 Å². The summed E-state index contributed by atoms with van der Waals surface area (Å²) in [4.78, 5) is 5.29. The number of ether oxygens (including phenoxy) is 1. The number of rotatable bonds is 10. The van der Waals surface area contributed by atoms with Crippen LogP contribution in [0.5, 0.6) is 11.5 Å². The first kappa shape index (κ1) is 47.5. The van der Waals surface area contributed by atoms with E-state index in [2.05, 4.69) is 252 Å². The molecule has 10 aromatic rings. The Balaban J connectivity index is 0.00000291. The van der Waals surface area contributed by atoms with Crippen molar-refractivity contribution in [2.24, 2.45) is 0 Å². The maximum absolute atomic E-state index is 6.80. The van der Waals surface area contributed by atoms with Crippen LogP contribution in [0.1, 0.15) is 73.7 Å². The molecule has 1 spiro atoms. The molecule has 1 atom stereocenters. The van der Waals surface area contributed by atoms with E-state index in [0.29, 0.717) is 0 Å². The fraction of sp³-hybridized carbons (Fsp3) is 0.113. The summed E-state index contributed by atoms with van der Waals surface area (Å²) < 4.78 is 9.21. The summed E-state index contributed by atoms with van der Waals surface area (Å²) in [7, 11) is 0. The molecule has 2 aromatic heterocycles. The first-order valence-electron chi connectivity index (χ1n) is 26.0. The number of aromatic nitrogens is 2. The molecular formula is C71H60N2O. The summed E-state index contributed by atoms with van der Waals surface area (Å²) in [5.41, 5.74) is 24.0. The Hall–Kier alpha value is -8.79. The van der Waals surface area contributed by atoms with Crippen molar-refractivity contribution in [2.75, 3.05) is 0 Å². The second-order valence-electron chi connectivity index (χ2n) is 19.0. The summed E-state index contributed by atoms with van der Waals surface area (Å²) in [5.74, 6) is 1.76. The van der Waals surface area contributed by atoms with E-state index in [9.17, 15) is 0 Å². The zero-order valence-electron chi connectivity index (χ0n) is 43.4. The number of para-hydroxylation sites is 2. The highest BCUT2D eigenvalue weighted by Gasteiger charge is 2.52. The van der Waals surface area contributed by atoms with Gasteiger partial charge in [0.15, 0.2) is 0 Å². The number of allylic oxidation sites excluding steroid dienone is 9. The van der Waals surface area contributed by atoms with Crippen LogP contribution in [-0.2, 0) is 5.41 Å². The van der Waals surface area contributed by atoms with Crippen LogP contribution in [-0.4, -0.2) is 9.55 Å². The number of fused-ring (bicyclic) bond motifs is 10. The highest BCUT2D eigenvalue weighted by atomic mass is 16.5. The SMILES string of the molecule is C=C/C=C\C(=C/C)c1cc(-c2ccccc2)cc(-c2cccc(-n3c4ccccc4c4cc(-c5ccc6c(c5)C5(C(C)=C(/C=C\C)c7ccccc75)c5c-6ccc(Oc6ccccc6C)c5C)ccc43)c2)n1.CC. The minimum atomic E-state index is -0.515. The van der Waals surface area contributed by atoms with Crippen LogP contribution in [0.25, 0.3) is 83.3 Å². The molecule has 8 aromatic carbocycles. The van der Waals surface area contributed by atoms with E-state index in [1.54, 1.807) is 6.08 Å². The molecule has 1 unspecified atom stereocenters. The fourth-order valence-corrected chi connectivity index (χ4v) is 11.8. The van der Waals surface area contributed by atoms with E-state index in [1.165, 1.54) is 66.4 Å². The van der Waals surface area contributed by atoms with Crippen molar-refractivity contribution in [3.63, 3.8) is 0 Å². The lowest BCUT2D eigenvalue weighted by atomic mass is 9.68. The number of hydrogen-bond acceptors (Lipinski definition) is 2. The molecule has 2 aliphatic carbocycles. The fourth-order valence-electron chi connectivity index (χ4n) is 11.8. The van der Waals surface area contributed by atoms with Crippen molar-refractivity contribution in [3.05, 3.63) is 276 Å². The van der Waals surface area contributed by atoms with Gasteiger partial charge in [0.05, 0.1) is 27.8 Å². The van der Waals surface area contributed by atoms with Gasteiger partial charge in [0.25, 0.3) is 0 Å². The molecule has 360 valence electrons. The van der Waals surface area contributed by atoms with E-state index in [1.807, 2.05) is 26.0 Å². The Morgan fingerprint density at radius 1 is 0.568 bits per heavy atom. The van der Waals surface area contributed by atoms with Gasteiger partial charge in [-0.05, 0) is 179 Å². The van der Waals surface area contributed by atoms with Crippen LogP contribution >= 0.6 is 0 Å². The van der Waals surface area contributed by atoms with Gasteiger partial charge < -0.3 is 9.30 Å². The van der Waals surface area contributed by atoms with E-state index in [0.717, 1.165) is 73.0 Å². The monoisotopic (exact) mass is 956 g/mol. The van der Waals surface area contributed by atoms with Crippen LogP contribution in [0.3, 0.4) is 0 Å². The zero-order valence-corrected chi connectivity index (χ0v) is 43.4. The van der Waals surface area contributed by atoms with Gasteiger partial charge in [-0.15, -0.1) is 0 Å².